The van der Waals surface area contributed by atoms with E-state index in [0.717, 1.165) is 12.3 Å². The third-order valence-electron chi connectivity index (χ3n) is 2.18. The minimum absolute atomic E-state index is 0.138. The zero-order chi connectivity index (χ0) is 14.4. The highest BCUT2D eigenvalue weighted by Crippen LogP contribution is 2.09. The quantitative estimate of drug-likeness (QED) is 0.665. The molecule has 0 saturated carbocycles. The number of carbonyl (C=O) groups excluding carboxylic acids is 2. The van der Waals surface area contributed by atoms with Crippen molar-refractivity contribution in [3.8, 4) is 0 Å². The Kier molecular flexibility index (Phi) is 4.81. The number of rotatable bonds is 2. The summed E-state index contributed by atoms with van der Waals surface area (Å²) >= 11 is 0. The highest BCUT2D eigenvalue weighted by Gasteiger charge is 2.18. The molecule has 1 aliphatic rings. The molecule has 1 aromatic heterocycles. The molecule has 0 atom stereocenters. The lowest BCUT2D eigenvalue weighted by molar-refractivity contribution is -0.132. The number of amides is 2. The van der Waals surface area contributed by atoms with Gasteiger partial charge in [0.25, 0.3) is 0 Å². The number of carboxylic acids is 2. The molecular formula is C11H11NO7. The molecule has 0 aliphatic carbocycles. The van der Waals surface area contributed by atoms with Crippen LogP contribution in [0.4, 0.5) is 0 Å². The number of imide groups is 1. The highest BCUT2D eigenvalue weighted by molar-refractivity contribution is 5.99. The second kappa shape index (κ2) is 6.34. The van der Waals surface area contributed by atoms with Gasteiger partial charge < -0.3 is 14.6 Å². The van der Waals surface area contributed by atoms with Gasteiger partial charge in [0, 0.05) is 12.8 Å². The van der Waals surface area contributed by atoms with Gasteiger partial charge in [0.15, 0.2) is 0 Å². The first-order valence-corrected chi connectivity index (χ1v) is 5.28. The smallest absolute Gasteiger partial charge is 0.372 e. The van der Waals surface area contributed by atoms with Crippen LogP contribution in [0.2, 0.25) is 0 Å². The molecule has 1 fully saturated rings. The summed E-state index contributed by atoms with van der Waals surface area (Å²) < 4.78 is 4.41. The van der Waals surface area contributed by atoms with Crippen LogP contribution in [-0.4, -0.2) is 34.0 Å². The fourth-order valence-electron chi connectivity index (χ4n) is 1.33. The molecule has 0 radical (unpaired) electrons. The van der Waals surface area contributed by atoms with Crippen molar-refractivity contribution in [2.45, 2.75) is 19.3 Å². The molecular weight excluding hydrogens is 258 g/mol. The van der Waals surface area contributed by atoms with Gasteiger partial charge in [-0.1, -0.05) is 0 Å². The maximum atomic E-state index is 10.3. The number of carbonyl (C=O) groups is 4. The fraction of sp³-hybridized carbons (Fsp3) is 0.273. The topological polar surface area (TPSA) is 134 Å². The molecule has 0 bridgehead atoms. The average molecular weight is 269 g/mol. The standard InChI is InChI=1S/C6H4O5.C5H7NO2/c7-5(8)3-1-2-11-4(3)6(9)10;7-4-2-1-3-5(8)6-4/h1-2H,(H,7,8)(H,9,10);1-3H2,(H,6,7,8). The summed E-state index contributed by atoms with van der Waals surface area (Å²) in [6.07, 6.45) is 2.75. The monoisotopic (exact) mass is 269 g/mol. The van der Waals surface area contributed by atoms with E-state index in [4.69, 9.17) is 10.2 Å². The van der Waals surface area contributed by atoms with E-state index in [2.05, 4.69) is 9.73 Å². The van der Waals surface area contributed by atoms with Crippen LogP contribution in [0, 0.1) is 0 Å². The van der Waals surface area contributed by atoms with E-state index in [1.807, 2.05) is 0 Å². The SMILES string of the molecule is O=C(O)c1ccoc1C(=O)O.O=C1CCCC(=O)N1. The fourth-order valence-corrected chi connectivity index (χ4v) is 1.33. The van der Waals surface area contributed by atoms with Gasteiger partial charge >= 0.3 is 11.9 Å². The molecule has 2 heterocycles. The lowest BCUT2D eigenvalue weighted by Crippen LogP contribution is -2.33. The first-order chi connectivity index (χ1) is 8.91. The van der Waals surface area contributed by atoms with Crippen molar-refractivity contribution in [3.05, 3.63) is 23.7 Å². The number of hydrogen-bond donors (Lipinski definition) is 3. The zero-order valence-electron chi connectivity index (χ0n) is 9.71. The van der Waals surface area contributed by atoms with Gasteiger partial charge in [-0.2, -0.15) is 0 Å². The zero-order valence-corrected chi connectivity index (χ0v) is 9.71. The summed E-state index contributed by atoms with van der Waals surface area (Å²) in [5.74, 6) is -3.51. The Morgan fingerprint density at radius 3 is 2.00 bits per heavy atom. The van der Waals surface area contributed by atoms with Gasteiger partial charge in [0.05, 0.1) is 6.26 Å². The van der Waals surface area contributed by atoms with E-state index in [9.17, 15) is 19.2 Å². The van der Waals surface area contributed by atoms with Gasteiger partial charge in [0.2, 0.25) is 17.6 Å². The summed E-state index contributed by atoms with van der Waals surface area (Å²) in [4.78, 5) is 41.2. The van der Waals surface area contributed by atoms with Crippen LogP contribution in [0.3, 0.4) is 0 Å². The lowest BCUT2D eigenvalue weighted by atomic mass is 10.1. The van der Waals surface area contributed by atoms with Crippen molar-refractivity contribution in [3.63, 3.8) is 0 Å². The Hall–Kier alpha value is -2.64. The average Bonchev–Trinajstić information content (AvgIpc) is 2.78. The maximum absolute atomic E-state index is 10.3. The Labute approximate surface area is 107 Å². The second-order valence-corrected chi connectivity index (χ2v) is 3.60. The van der Waals surface area contributed by atoms with Crippen LogP contribution in [0.5, 0.6) is 0 Å². The van der Waals surface area contributed by atoms with Crippen LogP contribution < -0.4 is 5.32 Å². The van der Waals surface area contributed by atoms with Crippen LogP contribution in [0.1, 0.15) is 40.2 Å². The molecule has 0 aromatic carbocycles. The van der Waals surface area contributed by atoms with E-state index >= 15 is 0 Å². The number of piperidine rings is 1. The predicted molar refractivity (Wildman–Crippen MR) is 59.6 cm³/mol. The second-order valence-electron chi connectivity index (χ2n) is 3.60. The van der Waals surface area contributed by atoms with E-state index in [1.54, 1.807) is 0 Å². The van der Waals surface area contributed by atoms with E-state index < -0.39 is 17.7 Å². The van der Waals surface area contributed by atoms with Crippen molar-refractivity contribution in [1.82, 2.24) is 5.32 Å². The predicted octanol–water partition coefficient (Wildman–Crippen LogP) is 0.489. The largest absolute Gasteiger partial charge is 0.478 e. The van der Waals surface area contributed by atoms with Gasteiger partial charge in [-0.3, -0.25) is 14.9 Å². The molecule has 0 unspecified atom stereocenters. The molecule has 0 spiro atoms. The number of furan rings is 1. The third-order valence-corrected chi connectivity index (χ3v) is 2.18. The first-order valence-electron chi connectivity index (χ1n) is 5.28. The van der Waals surface area contributed by atoms with Gasteiger partial charge in [-0.15, -0.1) is 0 Å². The maximum Gasteiger partial charge on any atom is 0.372 e. The Bertz CT molecular complexity index is 474. The molecule has 1 saturated heterocycles. The highest BCUT2D eigenvalue weighted by atomic mass is 16.4. The van der Waals surface area contributed by atoms with Crippen molar-refractivity contribution < 1.29 is 33.8 Å². The molecule has 19 heavy (non-hydrogen) atoms. The number of nitrogens with one attached hydrogen (secondary N) is 1. The Balaban J connectivity index is 0.000000200. The Morgan fingerprint density at radius 2 is 1.68 bits per heavy atom. The van der Waals surface area contributed by atoms with Crippen LogP contribution in [0.15, 0.2) is 16.7 Å². The molecule has 8 heteroatoms. The molecule has 1 aliphatic heterocycles. The number of carboxylic acid groups (broad SMARTS) is 2. The molecule has 102 valence electrons. The first kappa shape index (κ1) is 14.4. The van der Waals surface area contributed by atoms with Gasteiger partial charge in [-0.25, -0.2) is 9.59 Å². The van der Waals surface area contributed by atoms with Crippen molar-refractivity contribution in [2.75, 3.05) is 0 Å². The van der Waals surface area contributed by atoms with Crippen molar-refractivity contribution in [2.24, 2.45) is 0 Å². The van der Waals surface area contributed by atoms with Crippen LogP contribution in [-0.2, 0) is 9.59 Å². The Morgan fingerprint density at radius 1 is 1.11 bits per heavy atom. The number of hydrogen-bond acceptors (Lipinski definition) is 5. The summed E-state index contributed by atoms with van der Waals surface area (Å²) in [6, 6.07) is 1.09. The lowest BCUT2D eigenvalue weighted by Gasteiger charge is -2.07. The summed E-state index contributed by atoms with van der Waals surface area (Å²) in [5.41, 5.74) is -0.336. The normalized spacial score (nSPS) is 14.1. The van der Waals surface area contributed by atoms with Gasteiger partial charge in [0.1, 0.15) is 5.56 Å². The van der Waals surface area contributed by atoms with E-state index in [-0.39, 0.29) is 17.4 Å². The van der Waals surface area contributed by atoms with Crippen molar-refractivity contribution >= 4 is 23.8 Å². The molecule has 3 N–H and O–H groups in total. The van der Waals surface area contributed by atoms with Crippen LogP contribution >= 0.6 is 0 Å². The van der Waals surface area contributed by atoms with E-state index in [0.29, 0.717) is 19.3 Å². The minimum Gasteiger partial charge on any atom is -0.478 e. The summed E-state index contributed by atoms with van der Waals surface area (Å²) in [5, 5.41) is 18.9. The molecule has 8 nitrogen and oxygen atoms in total. The molecule has 1 aromatic rings. The summed E-state index contributed by atoms with van der Waals surface area (Å²) in [6.45, 7) is 0. The molecule has 2 rings (SSSR count). The number of aromatic carboxylic acids is 2. The van der Waals surface area contributed by atoms with Gasteiger partial charge in [-0.05, 0) is 12.5 Å². The third kappa shape index (κ3) is 4.26. The minimum atomic E-state index is -1.38. The van der Waals surface area contributed by atoms with E-state index in [1.165, 1.54) is 0 Å². The van der Waals surface area contributed by atoms with Crippen molar-refractivity contribution in [1.29, 1.82) is 0 Å². The van der Waals surface area contributed by atoms with Crippen LogP contribution in [0.25, 0.3) is 0 Å². The summed E-state index contributed by atoms with van der Waals surface area (Å²) in [7, 11) is 0. The molecule has 2 amide bonds.